The highest BCUT2D eigenvalue weighted by atomic mass is 31.2. The van der Waals surface area contributed by atoms with E-state index in [1.165, 1.54) is 31.1 Å². The van der Waals surface area contributed by atoms with Crippen molar-refractivity contribution in [3.63, 3.8) is 0 Å². The lowest BCUT2D eigenvalue weighted by molar-refractivity contribution is -0.0615. The lowest BCUT2D eigenvalue weighted by Gasteiger charge is -2.31. The normalized spacial score (nSPS) is 25.2. The molecule has 6 atom stereocenters. The van der Waals surface area contributed by atoms with Gasteiger partial charge in [0.05, 0.1) is 18.0 Å². The number of nitrogens with one attached hydrogen (secondary N) is 1. The van der Waals surface area contributed by atoms with E-state index in [-0.39, 0.29) is 6.42 Å². The fourth-order valence-electron chi connectivity index (χ4n) is 3.92. The first-order valence-corrected chi connectivity index (χ1v) is 13.5. The second-order valence-electron chi connectivity index (χ2n) is 9.38. The van der Waals surface area contributed by atoms with E-state index in [2.05, 4.69) is 20.3 Å². The van der Waals surface area contributed by atoms with Crippen molar-refractivity contribution in [3.05, 3.63) is 12.7 Å². The number of nitrogens with two attached hydrogens (primary N) is 1. The number of fused-ring (bicyclic) bond motifs is 1. The Morgan fingerprint density at radius 2 is 1.97 bits per heavy atom. The molecule has 3 heterocycles. The molecule has 1 saturated heterocycles. The Balaban J connectivity index is 1.67. The highest BCUT2D eigenvalue weighted by Gasteiger charge is 2.47. The van der Waals surface area contributed by atoms with Crippen LogP contribution < -0.4 is 11.1 Å². The van der Waals surface area contributed by atoms with Gasteiger partial charge < -0.3 is 45.3 Å². The summed E-state index contributed by atoms with van der Waals surface area (Å²) in [7, 11) is -4.29. The minimum absolute atomic E-state index is 0.0270. The molecule has 0 bridgehead atoms. The highest BCUT2D eigenvalue weighted by molar-refractivity contribution is 7.53. The largest absolute Gasteiger partial charge is 0.388 e. The van der Waals surface area contributed by atoms with E-state index in [0.29, 0.717) is 43.3 Å². The highest BCUT2D eigenvalue weighted by Crippen LogP contribution is 2.51. The molecular weight excluding hydrogens is 495 g/mol. The maximum absolute atomic E-state index is 12.1. The van der Waals surface area contributed by atoms with Crippen LogP contribution in [0.2, 0.25) is 0 Å². The predicted octanol–water partition coefficient (Wildman–Crippen LogP) is 0.322. The van der Waals surface area contributed by atoms with Crippen molar-refractivity contribution in [2.24, 2.45) is 5.73 Å². The van der Waals surface area contributed by atoms with Crippen molar-refractivity contribution < 1.29 is 38.8 Å². The van der Waals surface area contributed by atoms with Gasteiger partial charge in [0.15, 0.2) is 29.1 Å². The maximum Gasteiger partial charge on any atom is 0.356 e. The van der Waals surface area contributed by atoms with Crippen LogP contribution in [-0.2, 0) is 18.6 Å². The number of aliphatic hydroxyl groups excluding tert-OH is 3. The van der Waals surface area contributed by atoms with Crippen LogP contribution in [0.1, 0.15) is 46.3 Å². The van der Waals surface area contributed by atoms with Crippen LogP contribution in [0.5, 0.6) is 0 Å². The summed E-state index contributed by atoms with van der Waals surface area (Å²) in [6.45, 7) is 6.63. The van der Waals surface area contributed by atoms with Gasteiger partial charge in [-0.15, -0.1) is 0 Å². The van der Waals surface area contributed by atoms with Crippen LogP contribution >= 0.6 is 7.60 Å². The molecule has 1 aliphatic rings. The number of aliphatic hydroxyl groups is 3. The summed E-state index contributed by atoms with van der Waals surface area (Å²) in [4.78, 5) is 22.8. The number of anilines is 1. The topological polar surface area (TPSA) is 207 Å². The van der Waals surface area contributed by atoms with Gasteiger partial charge in [0.25, 0.3) is 0 Å². The molecule has 15 heteroatoms. The minimum atomic E-state index is -4.29. The number of ether oxygens (including phenoxy) is 2. The SMILES string of the molecule is CC(O)P(=O)(O)OC(C)(C)CC1OC(n2cnc3c(NCCCOCCCN)ncnc32)C(O)C1O. The molecule has 36 heavy (non-hydrogen) atoms. The zero-order valence-electron chi connectivity index (χ0n) is 20.7. The van der Waals surface area contributed by atoms with Gasteiger partial charge in [-0.1, -0.05) is 0 Å². The van der Waals surface area contributed by atoms with Gasteiger partial charge in [-0.2, -0.15) is 0 Å². The van der Waals surface area contributed by atoms with Crippen LogP contribution in [0.25, 0.3) is 11.2 Å². The summed E-state index contributed by atoms with van der Waals surface area (Å²) >= 11 is 0. The van der Waals surface area contributed by atoms with Crippen LogP contribution in [0, 0.1) is 0 Å². The molecule has 1 fully saturated rings. The van der Waals surface area contributed by atoms with Crippen molar-refractivity contribution in [3.8, 4) is 0 Å². The van der Waals surface area contributed by atoms with Gasteiger partial charge in [-0.25, -0.2) is 15.0 Å². The molecular formula is C21H37N6O8P. The molecule has 7 N–H and O–H groups in total. The third-order valence-electron chi connectivity index (χ3n) is 5.76. The van der Waals surface area contributed by atoms with E-state index in [9.17, 15) is 24.8 Å². The first-order valence-electron chi connectivity index (χ1n) is 11.9. The standard InChI is InChI=1S/C21H37N6O8P/c1-13(28)36(31,32)35-21(2,3)10-14-16(29)17(30)20(34-14)27-12-26-15-18(24-11-25-19(15)27)23-7-5-9-33-8-4-6-22/h11-14,16-17,20,28-30H,4-10,22H2,1-3H3,(H,31,32)(H,23,24,25). The monoisotopic (exact) mass is 532 g/mol. The average molecular weight is 533 g/mol. The number of imidazole rings is 1. The van der Waals surface area contributed by atoms with E-state index in [4.69, 9.17) is 19.7 Å². The Kier molecular flexibility index (Phi) is 9.77. The van der Waals surface area contributed by atoms with E-state index in [0.717, 1.165) is 19.8 Å². The molecule has 0 aromatic carbocycles. The van der Waals surface area contributed by atoms with E-state index >= 15 is 0 Å². The Morgan fingerprint density at radius 3 is 2.67 bits per heavy atom. The van der Waals surface area contributed by atoms with Crippen LogP contribution in [0.15, 0.2) is 12.7 Å². The van der Waals surface area contributed by atoms with E-state index < -0.39 is 43.6 Å². The van der Waals surface area contributed by atoms with Gasteiger partial charge in [-0.05, 0) is 40.2 Å². The molecule has 0 spiro atoms. The quantitative estimate of drug-likeness (QED) is 0.143. The smallest absolute Gasteiger partial charge is 0.356 e. The van der Waals surface area contributed by atoms with Gasteiger partial charge in [-0.3, -0.25) is 9.13 Å². The summed E-state index contributed by atoms with van der Waals surface area (Å²) in [5.41, 5.74) is 5.06. The zero-order chi connectivity index (χ0) is 26.5. The van der Waals surface area contributed by atoms with E-state index in [1.807, 2.05) is 0 Å². The molecule has 14 nitrogen and oxygen atoms in total. The van der Waals surface area contributed by atoms with Gasteiger partial charge in [0, 0.05) is 26.2 Å². The lowest BCUT2D eigenvalue weighted by Crippen LogP contribution is -2.37. The number of nitrogens with zero attached hydrogens (tertiary/aromatic N) is 4. The van der Waals surface area contributed by atoms with Crippen molar-refractivity contribution in [2.75, 3.05) is 31.6 Å². The Labute approximate surface area is 209 Å². The number of rotatable bonds is 14. The van der Waals surface area contributed by atoms with Gasteiger partial charge in [0.2, 0.25) is 0 Å². The van der Waals surface area contributed by atoms with Crippen molar-refractivity contribution in [1.82, 2.24) is 19.5 Å². The predicted molar refractivity (Wildman–Crippen MR) is 130 cm³/mol. The van der Waals surface area contributed by atoms with Crippen LogP contribution in [0.3, 0.4) is 0 Å². The second kappa shape index (κ2) is 12.2. The van der Waals surface area contributed by atoms with Crippen LogP contribution in [-0.4, -0.2) is 95.8 Å². The molecule has 204 valence electrons. The molecule has 0 radical (unpaired) electrons. The summed E-state index contributed by atoms with van der Waals surface area (Å²) < 4.78 is 30.3. The third-order valence-corrected chi connectivity index (χ3v) is 7.46. The van der Waals surface area contributed by atoms with E-state index in [1.54, 1.807) is 0 Å². The Bertz CT molecular complexity index is 1040. The van der Waals surface area contributed by atoms with Gasteiger partial charge >= 0.3 is 7.60 Å². The van der Waals surface area contributed by atoms with Crippen molar-refractivity contribution in [2.45, 2.75) is 76.0 Å². The molecule has 0 saturated carbocycles. The van der Waals surface area contributed by atoms with Crippen molar-refractivity contribution >= 4 is 24.6 Å². The maximum atomic E-state index is 12.1. The molecule has 3 rings (SSSR count). The molecule has 1 aliphatic heterocycles. The summed E-state index contributed by atoms with van der Waals surface area (Å²) in [5, 5.41) is 34.1. The number of aromatic nitrogens is 4. The fourth-order valence-corrected chi connectivity index (χ4v) is 4.85. The summed E-state index contributed by atoms with van der Waals surface area (Å²) in [6.07, 6.45) is -0.216. The molecule has 2 aromatic rings. The molecule has 6 unspecified atom stereocenters. The third kappa shape index (κ3) is 6.97. The zero-order valence-corrected chi connectivity index (χ0v) is 21.6. The van der Waals surface area contributed by atoms with Crippen molar-refractivity contribution in [1.29, 1.82) is 0 Å². The lowest BCUT2D eigenvalue weighted by atomic mass is 9.97. The summed E-state index contributed by atoms with van der Waals surface area (Å²) in [5.74, 6) is -1.07. The summed E-state index contributed by atoms with van der Waals surface area (Å²) in [6, 6.07) is 0. The second-order valence-corrected chi connectivity index (χ2v) is 11.4. The number of hydrogen-bond donors (Lipinski definition) is 6. The van der Waals surface area contributed by atoms with Crippen LogP contribution in [0.4, 0.5) is 5.82 Å². The Hall–Kier alpha value is -1.74. The molecule has 2 aromatic heterocycles. The fraction of sp³-hybridized carbons (Fsp3) is 0.762. The molecule has 0 amide bonds. The van der Waals surface area contributed by atoms with Gasteiger partial charge in [0.1, 0.15) is 18.5 Å². The Morgan fingerprint density at radius 1 is 1.25 bits per heavy atom. The molecule has 0 aliphatic carbocycles. The average Bonchev–Trinajstić information content (AvgIpc) is 3.34. The first-order chi connectivity index (χ1) is 17.0. The first kappa shape index (κ1) is 28.8. The minimum Gasteiger partial charge on any atom is -0.388 e. The number of hydrogen-bond acceptors (Lipinski definition) is 12.